The third kappa shape index (κ3) is 3.60. The van der Waals surface area contributed by atoms with Crippen molar-refractivity contribution in [3.05, 3.63) is 23.5 Å². The van der Waals surface area contributed by atoms with Crippen molar-refractivity contribution in [2.45, 2.75) is 33.9 Å². The van der Waals surface area contributed by atoms with Crippen LogP contribution in [0.4, 0.5) is 0 Å². The van der Waals surface area contributed by atoms with Gasteiger partial charge in [-0.15, -0.1) is 15.3 Å². The Morgan fingerprint density at radius 1 is 1.26 bits per heavy atom. The van der Waals surface area contributed by atoms with Crippen LogP contribution in [0.5, 0.6) is 0 Å². The molecule has 7 nitrogen and oxygen atoms in total. The number of rotatable bonds is 6. The summed E-state index contributed by atoms with van der Waals surface area (Å²) in [6.07, 6.45) is 1.94. The summed E-state index contributed by atoms with van der Waals surface area (Å²) in [6, 6.07) is 0. The highest BCUT2D eigenvalue weighted by molar-refractivity contribution is 4.96. The van der Waals surface area contributed by atoms with Crippen LogP contribution in [0.25, 0.3) is 0 Å². The van der Waals surface area contributed by atoms with Gasteiger partial charge in [-0.1, -0.05) is 19.1 Å². The first-order chi connectivity index (χ1) is 9.06. The summed E-state index contributed by atoms with van der Waals surface area (Å²) < 4.78 is 3.74. The molecule has 0 unspecified atom stereocenters. The quantitative estimate of drug-likeness (QED) is 0.822. The molecule has 0 saturated heterocycles. The number of aryl methyl sites for hydroxylation is 1. The molecule has 2 rings (SSSR count). The molecule has 0 amide bonds. The Balaban J connectivity index is 1.92. The van der Waals surface area contributed by atoms with Crippen molar-refractivity contribution in [3.63, 3.8) is 0 Å². The van der Waals surface area contributed by atoms with Crippen molar-refractivity contribution >= 4 is 0 Å². The fourth-order valence-electron chi connectivity index (χ4n) is 1.72. The van der Waals surface area contributed by atoms with Crippen molar-refractivity contribution in [3.8, 4) is 0 Å². The second-order valence-corrected chi connectivity index (χ2v) is 5.15. The highest BCUT2D eigenvalue weighted by atomic mass is 15.4. The zero-order valence-electron chi connectivity index (χ0n) is 12.0. The fraction of sp³-hybridized carbons (Fsp3) is 0.667. The van der Waals surface area contributed by atoms with Crippen LogP contribution in [0.3, 0.4) is 0 Å². The van der Waals surface area contributed by atoms with Crippen LogP contribution in [-0.2, 0) is 20.1 Å². The zero-order chi connectivity index (χ0) is 13.8. The van der Waals surface area contributed by atoms with Gasteiger partial charge in [-0.05, 0) is 19.4 Å². The summed E-state index contributed by atoms with van der Waals surface area (Å²) in [5.74, 6) is 2.41. The van der Waals surface area contributed by atoms with E-state index in [2.05, 4.69) is 39.7 Å². The highest BCUT2D eigenvalue weighted by Crippen LogP contribution is 2.01. The van der Waals surface area contributed by atoms with Crippen LogP contribution in [0.1, 0.15) is 31.2 Å². The first-order valence-corrected chi connectivity index (χ1v) is 6.51. The Hall–Kier alpha value is -1.76. The Morgan fingerprint density at radius 3 is 2.68 bits per heavy atom. The maximum absolute atomic E-state index is 4.14. The van der Waals surface area contributed by atoms with Crippen molar-refractivity contribution < 1.29 is 0 Å². The highest BCUT2D eigenvalue weighted by Gasteiger charge is 2.07. The van der Waals surface area contributed by atoms with Gasteiger partial charge in [-0.3, -0.25) is 0 Å². The van der Waals surface area contributed by atoms with Gasteiger partial charge in [-0.2, -0.15) is 0 Å². The van der Waals surface area contributed by atoms with Crippen LogP contribution in [0.2, 0.25) is 0 Å². The first kappa shape index (κ1) is 13.7. The third-order valence-electron chi connectivity index (χ3n) is 2.93. The smallest absolute Gasteiger partial charge is 0.154 e. The van der Waals surface area contributed by atoms with Gasteiger partial charge < -0.3 is 9.88 Å². The van der Waals surface area contributed by atoms with Crippen LogP contribution in [0, 0.1) is 12.8 Å². The summed E-state index contributed by atoms with van der Waals surface area (Å²) in [5.41, 5.74) is 0.944. The molecule has 0 bridgehead atoms. The van der Waals surface area contributed by atoms with Crippen molar-refractivity contribution in [1.29, 1.82) is 0 Å². The second-order valence-electron chi connectivity index (χ2n) is 5.15. The molecule has 0 fully saturated rings. The molecule has 19 heavy (non-hydrogen) atoms. The molecule has 0 aliphatic heterocycles. The lowest BCUT2D eigenvalue weighted by Gasteiger charge is -2.04. The number of nitrogens with one attached hydrogen (secondary N) is 1. The number of hydrogen-bond donors (Lipinski definition) is 1. The molecular formula is C12H21N7. The predicted octanol–water partition coefficient (Wildman–Crippen LogP) is 0.509. The van der Waals surface area contributed by atoms with Gasteiger partial charge >= 0.3 is 0 Å². The average Bonchev–Trinajstić information content (AvgIpc) is 2.91. The summed E-state index contributed by atoms with van der Waals surface area (Å²) in [5, 5.41) is 19.7. The molecular weight excluding hydrogens is 242 g/mol. The minimum absolute atomic E-state index is 0.592. The van der Waals surface area contributed by atoms with Gasteiger partial charge in [0.2, 0.25) is 0 Å². The molecule has 2 heterocycles. The lowest BCUT2D eigenvalue weighted by molar-refractivity contribution is 0.548. The minimum atomic E-state index is 0.592. The third-order valence-corrected chi connectivity index (χ3v) is 2.93. The normalized spacial score (nSPS) is 11.4. The van der Waals surface area contributed by atoms with Crippen LogP contribution >= 0.6 is 0 Å². The molecule has 0 saturated carbocycles. The van der Waals surface area contributed by atoms with Crippen molar-refractivity contribution in [2.75, 3.05) is 6.54 Å². The van der Waals surface area contributed by atoms with E-state index < -0.39 is 0 Å². The molecule has 104 valence electrons. The lowest BCUT2D eigenvalue weighted by Crippen LogP contribution is -2.19. The van der Waals surface area contributed by atoms with E-state index in [1.807, 2.05) is 24.7 Å². The van der Waals surface area contributed by atoms with Gasteiger partial charge in [-0.25, -0.2) is 4.68 Å². The maximum Gasteiger partial charge on any atom is 0.154 e. The van der Waals surface area contributed by atoms with E-state index in [4.69, 9.17) is 0 Å². The van der Waals surface area contributed by atoms with Gasteiger partial charge in [0.15, 0.2) is 5.82 Å². The van der Waals surface area contributed by atoms with E-state index >= 15 is 0 Å². The van der Waals surface area contributed by atoms with E-state index in [0.717, 1.165) is 30.4 Å². The number of aromatic nitrogens is 6. The Kier molecular flexibility index (Phi) is 4.26. The molecule has 1 N–H and O–H groups in total. The molecule has 2 aromatic rings. The summed E-state index contributed by atoms with van der Waals surface area (Å²) in [4.78, 5) is 0. The van der Waals surface area contributed by atoms with Crippen molar-refractivity contribution in [2.24, 2.45) is 13.0 Å². The standard InChI is InChI=1S/C12H21N7/c1-9(2)5-13-6-11-7-19(17-15-11)8-12-16-14-10(3)18(12)4/h7,9,13H,5-6,8H2,1-4H3. The molecule has 0 aromatic carbocycles. The van der Waals surface area contributed by atoms with Crippen LogP contribution in [-0.4, -0.2) is 36.3 Å². The molecule has 0 radical (unpaired) electrons. The molecule has 7 heteroatoms. The maximum atomic E-state index is 4.14. The predicted molar refractivity (Wildman–Crippen MR) is 71.4 cm³/mol. The Bertz CT molecular complexity index is 526. The van der Waals surface area contributed by atoms with Gasteiger partial charge in [0.05, 0.1) is 11.9 Å². The first-order valence-electron chi connectivity index (χ1n) is 6.51. The minimum Gasteiger partial charge on any atom is -0.317 e. The van der Waals surface area contributed by atoms with Gasteiger partial charge in [0.1, 0.15) is 12.4 Å². The average molecular weight is 263 g/mol. The lowest BCUT2D eigenvalue weighted by atomic mass is 10.2. The SMILES string of the molecule is Cc1nnc(Cn2cc(CNCC(C)C)nn2)n1C. The summed E-state index contributed by atoms with van der Waals surface area (Å²) in [7, 11) is 1.95. The Labute approximate surface area is 113 Å². The van der Waals surface area contributed by atoms with E-state index in [9.17, 15) is 0 Å². The molecule has 0 aliphatic rings. The summed E-state index contributed by atoms with van der Waals surface area (Å²) >= 11 is 0. The second kappa shape index (κ2) is 5.92. The summed E-state index contributed by atoms with van der Waals surface area (Å²) in [6.45, 7) is 8.61. The van der Waals surface area contributed by atoms with E-state index in [0.29, 0.717) is 12.5 Å². The van der Waals surface area contributed by atoms with E-state index in [-0.39, 0.29) is 0 Å². The topological polar surface area (TPSA) is 73.5 Å². The zero-order valence-corrected chi connectivity index (χ0v) is 12.0. The fourth-order valence-corrected chi connectivity index (χ4v) is 1.72. The van der Waals surface area contributed by atoms with E-state index in [1.54, 1.807) is 4.68 Å². The molecule has 0 aliphatic carbocycles. The Morgan fingerprint density at radius 2 is 2.05 bits per heavy atom. The van der Waals surface area contributed by atoms with E-state index in [1.165, 1.54) is 0 Å². The van der Waals surface area contributed by atoms with Gasteiger partial charge in [0, 0.05) is 13.6 Å². The monoisotopic (exact) mass is 263 g/mol. The number of nitrogens with zero attached hydrogens (tertiary/aromatic N) is 6. The molecule has 0 spiro atoms. The number of hydrogen-bond acceptors (Lipinski definition) is 5. The largest absolute Gasteiger partial charge is 0.317 e. The molecule has 2 aromatic heterocycles. The van der Waals surface area contributed by atoms with Crippen LogP contribution < -0.4 is 5.32 Å². The van der Waals surface area contributed by atoms with Crippen LogP contribution in [0.15, 0.2) is 6.20 Å². The van der Waals surface area contributed by atoms with Crippen molar-refractivity contribution in [1.82, 2.24) is 35.1 Å². The van der Waals surface area contributed by atoms with Gasteiger partial charge in [0.25, 0.3) is 0 Å². The molecule has 0 atom stereocenters.